The third-order valence-corrected chi connectivity index (χ3v) is 15.2. The number of esters is 1. The molecule has 0 saturated carbocycles. The molecule has 3 N–H and O–H groups in total. The number of hydrogen-bond acceptors (Lipinski definition) is 5. The predicted octanol–water partition coefficient (Wildman–Crippen LogP) is 20.6. The predicted molar refractivity (Wildman–Crippen MR) is 315 cm³/mol. The van der Waals surface area contributed by atoms with Crippen molar-refractivity contribution in [3.8, 4) is 0 Å². The number of carbonyl (C=O) groups excluding carboxylic acids is 2. The fourth-order valence-electron chi connectivity index (χ4n) is 10.2. The van der Waals surface area contributed by atoms with Crippen molar-refractivity contribution in [1.29, 1.82) is 0 Å². The number of aliphatic hydroxyl groups excluding tert-OH is 2. The van der Waals surface area contributed by atoms with Crippen molar-refractivity contribution in [2.45, 2.75) is 373 Å². The summed E-state index contributed by atoms with van der Waals surface area (Å²) >= 11 is 0. The van der Waals surface area contributed by atoms with Gasteiger partial charge in [-0.05, 0) is 77.0 Å². The van der Waals surface area contributed by atoms with Gasteiger partial charge < -0.3 is 20.3 Å². The Labute approximate surface area is 450 Å². The Morgan fingerprint density at radius 2 is 0.653 bits per heavy atom. The molecule has 0 aromatic carbocycles. The van der Waals surface area contributed by atoms with Gasteiger partial charge in [0.05, 0.1) is 25.4 Å². The summed E-state index contributed by atoms with van der Waals surface area (Å²) in [6.45, 7) is 4.94. The van der Waals surface area contributed by atoms with Gasteiger partial charge in [0.2, 0.25) is 5.91 Å². The number of allylic oxidation sites excluding steroid dienone is 4. The molecule has 0 saturated heterocycles. The van der Waals surface area contributed by atoms with E-state index in [1.807, 2.05) is 0 Å². The first-order valence-corrected chi connectivity index (χ1v) is 32.6. The monoisotopic (exact) mass is 1010 g/mol. The van der Waals surface area contributed by atoms with Crippen LogP contribution in [-0.2, 0) is 14.3 Å². The first kappa shape index (κ1) is 70.3. The van der Waals surface area contributed by atoms with Crippen LogP contribution in [0.4, 0.5) is 0 Å². The van der Waals surface area contributed by atoms with Crippen LogP contribution in [0.15, 0.2) is 24.3 Å². The van der Waals surface area contributed by atoms with Crippen LogP contribution in [-0.4, -0.2) is 47.4 Å². The Balaban J connectivity index is 3.33. The Morgan fingerprint density at radius 3 is 1.00 bits per heavy atom. The van der Waals surface area contributed by atoms with Gasteiger partial charge in [-0.1, -0.05) is 295 Å². The molecule has 0 fully saturated rings. The zero-order valence-electron chi connectivity index (χ0n) is 48.7. The van der Waals surface area contributed by atoms with E-state index < -0.39 is 12.1 Å². The van der Waals surface area contributed by atoms with Gasteiger partial charge in [0, 0.05) is 12.8 Å². The zero-order chi connectivity index (χ0) is 52.2. The second kappa shape index (κ2) is 61.9. The van der Waals surface area contributed by atoms with Crippen molar-refractivity contribution in [2.75, 3.05) is 13.2 Å². The number of hydrogen-bond donors (Lipinski definition) is 3. The van der Waals surface area contributed by atoms with Gasteiger partial charge in [0.1, 0.15) is 0 Å². The van der Waals surface area contributed by atoms with E-state index in [1.165, 1.54) is 283 Å². The molecule has 2 unspecified atom stereocenters. The summed E-state index contributed by atoms with van der Waals surface area (Å²) in [5.41, 5.74) is 0. The highest BCUT2D eigenvalue weighted by atomic mass is 16.5. The third kappa shape index (κ3) is 57.6. The molecule has 1 amide bonds. The number of unbranched alkanes of at least 4 members (excludes halogenated alkanes) is 46. The highest BCUT2D eigenvalue weighted by molar-refractivity contribution is 5.76. The standard InChI is InChI=1S/C66H127NO5/c1-3-5-7-9-11-13-15-36-40-44-48-52-56-60-66(71)72-61-57-53-49-45-41-38-35-33-31-29-27-25-23-21-19-17-16-18-20-22-24-26-28-30-32-34-37-39-43-47-51-55-59-65(70)67-63(62-68)64(69)58-54-50-46-42-14-12-10-8-6-4-2/h13,15,19,21,63-64,68-69H,3-12,14,16-18,20,22-62H2,1-2H3,(H,67,70)/b15-13-,21-19-. The zero-order valence-corrected chi connectivity index (χ0v) is 48.7. The smallest absolute Gasteiger partial charge is 0.305 e. The molecule has 0 spiro atoms. The molecular formula is C66H127NO5. The van der Waals surface area contributed by atoms with Crippen LogP contribution in [0.1, 0.15) is 361 Å². The topological polar surface area (TPSA) is 95.9 Å². The van der Waals surface area contributed by atoms with E-state index in [9.17, 15) is 19.8 Å². The van der Waals surface area contributed by atoms with Gasteiger partial charge in [-0.2, -0.15) is 0 Å². The lowest BCUT2D eigenvalue weighted by Crippen LogP contribution is -2.45. The van der Waals surface area contributed by atoms with Crippen LogP contribution in [0.5, 0.6) is 0 Å². The van der Waals surface area contributed by atoms with Crippen LogP contribution in [0.25, 0.3) is 0 Å². The van der Waals surface area contributed by atoms with Crippen molar-refractivity contribution in [3.63, 3.8) is 0 Å². The Morgan fingerprint density at radius 1 is 0.375 bits per heavy atom. The normalized spacial score (nSPS) is 12.7. The average Bonchev–Trinajstić information content (AvgIpc) is 3.38. The number of ether oxygens (including phenoxy) is 1. The molecule has 426 valence electrons. The maximum Gasteiger partial charge on any atom is 0.305 e. The van der Waals surface area contributed by atoms with Crippen molar-refractivity contribution < 1.29 is 24.5 Å². The molecule has 0 rings (SSSR count). The molecule has 0 radical (unpaired) electrons. The molecular weight excluding hydrogens is 887 g/mol. The van der Waals surface area contributed by atoms with E-state index in [1.54, 1.807) is 0 Å². The average molecular weight is 1010 g/mol. The molecule has 0 bridgehead atoms. The molecule has 0 aliphatic carbocycles. The van der Waals surface area contributed by atoms with E-state index in [0.717, 1.165) is 44.9 Å². The summed E-state index contributed by atoms with van der Waals surface area (Å²) in [4.78, 5) is 24.5. The molecule has 0 heterocycles. The van der Waals surface area contributed by atoms with Crippen molar-refractivity contribution >= 4 is 11.9 Å². The SMILES string of the molecule is CCCCCC/C=C\CCCCCCCC(=O)OCCCCCCCCCCCCCC/C=C\CCCCCCCCCCCCCCCCCCC(=O)NC(CO)C(O)CCCCCCCCCCCC. The van der Waals surface area contributed by atoms with Gasteiger partial charge in [-0.25, -0.2) is 0 Å². The first-order valence-electron chi connectivity index (χ1n) is 32.6. The van der Waals surface area contributed by atoms with Crippen molar-refractivity contribution in [3.05, 3.63) is 24.3 Å². The molecule has 6 nitrogen and oxygen atoms in total. The Hall–Kier alpha value is -1.66. The number of aliphatic hydroxyl groups is 2. The Bertz CT molecular complexity index is 1120. The lowest BCUT2D eigenvalue weighted by Gasteiger charge is -2.22. The highest BCUT2D eigenvalue weighted by Gasteiger charge is 2.20. The van der Waals surface area contributed by atoms with Gasteiger partial charge in [0.15, 0.2) is 0 Å². The minimum absolute atomic E-state index is 0.00911. The van der Waals surface area contributed by atoms with Gasteiger partial charge >= 0.3 is 5.97 Å². The summed E-state index contributed by atoms with van der Waals surface area (Å²) in [5.74, 6) is -0.0235. The molecule has 0 aliphatic heterocycles. The lowest BCUT2D eigenvalue weighted by molar-refractivity contribution is -0.143. The van der Waals surface area contributed by atoms with Gasteiger partial charge in [-0.15, -0.1) is 0 Å². The van der Waals surface area contributed by atoms with Crippen molar-refractivity contribution in [1.82, 2.24) is 5.32 Å². The van der Waals surface area contributed by atoms with E-state index in [-0.39, 0.29) is 18.5 Å². The second-order valence-electron chi connectivity index (χ2n) is 22.4. The maximum atomic E-state index is 12.4. The third-order valence-electron chi connectivity index (χ3n) is 15.2. The molecule has 2 atom stereocenters. The minimum atomic E-state index is -0.660. The second-order valence-corrected chi connectivity index (χ2v) is 22.4. The summed E-state index contributed by atoms with van der Waals surface area (Å²) in [6.07, 6.45) is 76.5. The first-order chi connectivity index (χ1) is 35.5. The summed E-state index contributed by atoms with van der Waals surface area (Å²) < 4.78 is 5.48. The molecule has 0 aliphatic rings. The maximum absolute atomic E-state index is 12.4. The summed E-state index contributed by atoms with van der Waals surface area (Å²) in [6, 6.07) is -0.537. The van der Waals surface area contributed by atoms with Gasteiger partial charge in [-0.3, -0.25) is 9.59 Å². The molecule has 0 aromatic heterocycles. The largest absolute Gasteiger partial charge is 0.466 e. The van der Waals surface area contributed by atoms with Crippen LogP contribution >= 0.6 is 0 Å². The summed E-state index contributed by atoms with van der Waals surface area (Å²) in [7, 11) is 0. The van der Waals surface area contributed by atoms with E-state index in [2.05, 4.69) is 43.5 Å². The number of rotatable bonds is 61. The Kier molecular flexibility index (Phi) is 60.5. The quantitative estimate of drug-likeness (QED) is 0.0320. The number of nitrogens with one attached hydrogen (secondary N) is 1. The molecule has 6 heteroatoms. The molecule has 72 heavy (non-hydrogen) atoms. The van der Waals surface area contributed by atoms with E-state index >= 15 is 0 Å². The van der Waals surface area contributed by atoms with Crippen LogP contribution in [0.3, 0.4) is 0 Å². The van der Waals surface area contributed by atoms with Crippen molar-refractivity contribution in [2.24, 2.45) is 0 Å². The summed E-state index contributed by atoms with van der Waals surface area (Å²) in [5, 5.41) is 23.2. The van der Waals surface area contributed by atoms with Crippen LogP contribution in [0, 0.1) is 0 Å². The van der Waals surface area contributed by atoms with Gasteiger partial charge in [0.25, 0.3) is 0 Å². The van der Waals surface area contributed by atoms with Crippen LogP contribution < -0.4 is 5.32 Å². The lowest BCUT2D eigenvalue weighted by atomic mass is 10.0. The van der Waals surface area contributed by atoms with E-state index in [0.29, 0.717) is 25.9 Å². The minimum Gasteiger partial charge on any atom is -0.466 e. The number of carbonyl (C=O) groups is 2. The fraction of sp³-hybridized carbons (Fsp3) is 0.909. The van der Waals surface area contributed by atoms with Crippen LogP contribution in [0.2, 0.25) is 0 Å². The number of amides is 1. The molecule has 0 aromatic rings. The fourth-order valence-corrected chi connectivity index (χ4v) is 10.2. The van der Waals surface area contributed by atoms with E-state index in [4.69, 9.17) is 4.74 Å². The highest BCUT2D eigenvalue weighted by Crippen LogP contribution is 2.18.